The van der Waals surface area contributed by atoms with Crippen LogP contribution in [0.1, 0.15) is 12.5 Å². The summed E-state index contributed by atoms with van der Waals surface area (Å²) in [5.74, 6) is 0. The van der Waals surface area contributed by atoms with Crippen molar-refractivity contribution in [1.82, 2.24) is 0 Å². The average molecular weight is 341 g/mol. The Balaban J connectivity index is 3.21. The van der Waals surface area contributed by atoms with Crippen LogP contribution in [-0.4, -0.2) is 24.3 Å². The van der Waals surface area contributed by atoms with E-state index in [0.717, 1.165) is 0 Å². The number of anilines is 1. The molecule has 0 spiro atoms. The molecule has 1 aromatic rings. The van der Waals surface area contributed by atoms with Crippen LogP contribution in [0, 0.1) is 0 Å². The van der Waals surface area contributed by atoms with Gasteiger partial charge in [-0.2, -0.15) is 13.2 Å². The third-order valence-corrected chi connectivity index (χ3v) is 3.20. The highest BCUT2D eigenvalue weighted by atomic mass is 79.9. The summed E-state index contributed by atoms with van der Waals surface area (Å²) in [7, 11) is 0. The predicted octanol–water partition coefficient (Wildman–Crippen LogP) is 3.47. The van der Waals surface area contributed by atoms with Crippen molar-refractivity contribution in [2.24, 2.45) is 5.73 Å². The second-order valence-corrected chi connectivity index (χ2v) is 4.92. The van der Waals surface area contributed by atoms with Crippen molar-refractivity contribution in [2.45, 2.75) is 13.1 Å². The van der Waals surface area contributed by atoms with E-state index in [1.807, 2.05) is 0 Å². The van der Waals surface area contributed by atoms with Crippen LogP contribution in [0.15, 0.2) is 22.7 Å². The first-order chi connectivity index (χ1) is 8.26. The number of halogens is 4. The van der Waals surface area contributed by atoms with Gasteiger partial charge in [-0.3, -0.25) is 0 Å². The van der Waals surface area contributed by atoms with E-state index in [0.29, 0.717) is 15.7 Å². The van der Waals surface area contributed by atoms with Crippen molar-refractivity contribution in [3.05, 3.63) is 28.2 Å². The van der Waals surface area contributed by atoms with Crippen LogP contribution in [0.5, 0.6) is 0 Å². The lowest BCUT2D eigenvalue weighted by Crippen LogP contribution is -2.35. The molecule has 0 aliphatic heterocycles. The second kappa shape index (κ2) is 5.88. The third kappa shape index (κ3) is 3.84. The number of benzene rings is 1. The molecule has 0 bridgehead atoms. The van der Waals surface area contributed by atoms with Crippen molar-refractivity contribution < 1.29 is 13.2 Å². The molecule has 100 valence electrons. The summed E-state index contributed by atoms with van der Waals surface area (Å²) in [6.45, 7) is 0.830. The van der Waals surface area contributed by atoms with Crippen molar-refractivity contribution in [3.63, 3.8) is 0 Å². The first kappa shape index (κ1) is 15.2. The Morgan fingerprint density at radius 2 is 2.06 bits per heavy atom. The molecule has 0 fully saturated rings. The molecule has 0 saturated carbocycles. The molecule has 1 rings (SSSR count). The fraction of sp³-hybridized carbons (Fsp3) is 0.364. The third-order valence-electron chi connectivity index (χ3n) is 2.33. The molecule has 0 aliphatic carbocycles. The summed E-state index contributed by atoms with van der Waals surface area (Å²) >= 11 is 8.13. The van der Waals surface area contributed by atoms with Crippen LogP contribution in [0.2, 0.25) is 0 Å². The summed E-state index contributed by atoms with van der Waals surface area (Å²) in [4.78, 5) is 1.26. The number of nitrogens with two attached hydrogens (primary N) is 1. The fourth-order valence-electron chi connectivity index (χ4n) is 1.60. The smallest absolute Gasteiger partial charge is 0.389 e. The van der Waals surface area contributed by atoms with Gasteiger partial charge >= 0.3 is 6.18 Å². The van der Waals surface area contributed by atoms with Gasteiger partial charge in [-0.1, -0.05) is 18.3 Å². The van der Waals surface area contributed by atoms with E-state index in [9.17, 15) is 13.2 Å². The van der Waals surface area contributed by atoms with Gasteiger partial charge in [0.15, 0.2) is 0 Å². The van der Waals surface area contributed by atoms with Crippen molar-refractivity contribution in [1.29, 1.82) is 0 Å². The zero-order chi connectivity index (χ0) is 13.9. The van der Waals surface area contributed by atoms with Gasteiger partial charge in [0.1, 0.15) is 11.5 Å². The molecule has 0 radical (unpaired) electrons. The molecule has 1 aromatic carbocycles. The minimum Gasteiger partial charge on any atom is -0.389 e. The Morgan fingerprint density at radius 1 is 1.44 bits per heavy atom. The predicted molar refractivity (Wildman–Crippen MR) is 74.0 cm³/mol. The van der Waals surface area contributed by atoms with E-state index in [1.165, 1.54) is 4.90 Å². The Kier molecular flexibility index (Phi) is 4.98. The SMILES string of the molecule is CCN(CC(F)(F)F)c1cccc(Br)c1C(N)=S. The van der Waals surface area contributed by atoms with E-state index in [-0.39, 0.29) is 11.5 Å². The summed E-state index contributed by atoms with van der Waals surface area (Å²) in [6.07, 6.45) is -4.27. The number of nitrogens with zero attached hydrogens (tertiary/aromatic N) is 1. The number of rotatable bonds is 4. The van der Waals surface area contributed by atoms with Gasteiger partial charge in [0.2, 0.25) is 0 Å². The zero-order valence-electron chi connectivity index (χ0n) is 9.59. The normalized spacial score (nSPS) is 11.4. The number of alkyl halides is 3. The maximum atomic E-state index is 12.5. The van der Waals surface area contributed by atoms with Gasteiger partial charge in [-0.05, 0) is 35.0 Å². The van der Waals surface area contributed by atoms with E-state index in [2.05, 4.69) is 15.9 Å². The highest BCUT2D eigenvalue weighted by Gasteiger charge is 2.31. The molecule has 0 saturated heterocycles. The molecule has 7 heteroatoms. The van der Waals surface area contributed by atoms with Crippen molar-refractivity contribution >= 4 is 38.8 Å². The summed E-state index contributed by atoms with van der Waals surface area (Å²) in [5.41, 5.74) is 6.38. The van der Waals surface area contributed by atoms with Crippen LogP contribution in [0.3, 0.4) is 0 Å². The summed E-state index contributed by atoms with van der Waals surface area (Å²) < 4.78 is 38.1. The minimum atomic E-state index is -4.27. The molecular formula is C11H12BrF3N2S. The number of hydrogen-bond acceptors (Lipinski definition) is 2. The van der Waals surface area contributed by atoms with Crippen LogP contribution in [-0.2, 0) is 0 Å². The molecule has 0 heterocycles. The first-order valence-corrected chi connectivity index (χ1v) is 6.36. The largest absolute Gasteiger partial charge is 0.405 e. The van der Waals surface area contributed by atoms with E-state index >= 15 is 0 Å². The van der Waals surface area contributed by atoms with Crippen LogP contribution in [0.25, 0.3) is 0 Å². The molecule has 0 aliphatic rings. The van der Waals surface area contributed by atoms with E-state index in [4.69, 9.17) is 18.0 Å². The van der Waals surface area contributed by atoms with E-state index in [1.54, 1.807) is 25.1 Å². The lowest BCUT2D eigenvalue weighted by Gasteiger charge is -2.27. The summed E-state index contributed by atoms with van der Waals surface area (Å²) in [6, 6.07) is 4.92. The Hall–Kier alpha value is -0.820. The quantitative estimate of drug-likeness (QED) is 0.851. The van der Waals surface area contributed by atoms with Gasteiger partial charge < -0.3 is 10.6 Å². The zero-order valence-corrected chi connectivity index (χ0v) is 12.0. The highest BCUT2D eigenvalue weighted by molar-refractivity contribution is 9.10. The Morgan fingerprint density at radius 3 is 2.50 bits per heavy atom. The van der Waals surface area contributed by atoms with Crippen molar-refractivity contribution in [3.8, 4) is 0 Å². The second-order valence-electron chi connectivity index (χ2n) is 3.63. The maximum absolute atomic E-state index is 12.5. The van der Waals surface area contributed by atoms with E-state index < -0.39 is 12.7 Å². The fourth-order valence-corrected chi connectivity index (χ4v) is 2.52. The topological polar surface area (TPSA) is 29.3 Å². The van der Waals surface area contributed by atoms with Crippen molar-refractivity contribution in [2.75, 3.05) is 18.0 Å². The molecule has 2 N–H and O–H groups in total. The van der Waals surface area contributed by atoms with Gasteiger partial charge in [0.25, 0.3) is 0 Å². The standard InChI is InChI=1S/C11H12BrF3N2S/c1-2-17(6-11(13,14)15)8-5-3-4-7(12)9(8)10(16)18/h3-5H,2,6H2,1H3,(H2,16,18). The lowest BCUT2D eigenvalue weighted by atomic mass is 10.1. The number of thiocarbonyl (C=S) groups is 1. The molecular weight excluding hydrogens is 329 g/mol. The summed E-state index contributed by atoms with van der Waals surface area (Å²) in [5, 5.41) is 0. The number of hydrogen-bond donors (Lipinski definition) is 1. The van der Waals surface area contributed by atoms with Gasteiger partial charge in [0.05, 0.1) is 0 Å². The highest BCUT2D eigenvalue weighted by Crippen LogP contribution is 2.30. The monoisotopic (exact) mass is 340 g/mol. The Bertz CT molecular complexity index is 448. The van der Waals surface area contributed by atoms with Gasteiger partial charge in [-0.25, -0.2) is 0 Å². The lowest BCUT2D eigenvalue weighted by molar-refractivity contribution is -0.119. The van der Waals surface area contributed by atoms with Gasteiger partial charge in [0, 0.05) is 22.3 Å². The van der Waals surface area contributed by atoms with Crippen LogP contribution < -0.4 is 10.6 Å². The molecule has 2 nitrogen and oxygen atoms in total. The van der Waals surface area contributed by atoms with Crippen LogP contribution in [0.4, 0.5) is 18.9 Å². The molecule has 18 heavy (non-hydrogen) atoms. The van der Waals surface area contributed by atoms with Gasteiger partial charge in [-0.15, -0.1) is 0 Å². The molecule has 0 aromatic heterocycles. The average Bonchev–Trinajstić information content (AvgIpc) is 2.23. The maximum Gasteiger partial charge on any atom is 0.405 e. The molecule has 0 atom stereocenters. The Labute approximate surface area is 117 Å². The first-order valence-electron chi connectivity index (χ1n) is 5.16. The van der Waals surface area contributed by atoms with Crippen LogP contribution >= 0.6 is 28.1 Å². The molecule has 0 amide bonds. The minimum absolute atomic E-state index is 0.0677. The molecule has 0 unspecified atom stereocenters.